The molecular formula is C4H9NO3S. The maximum absolute atomic E-state index is 10.1. The van der Waals surface area contributed by atoms with E-state index in [2.05, 4.69) is 12.6 Å². The first kappa shape index (κ1) is 8.74. The summed E-state index contributed by atoms with van der Waals surface area (Å²) in [5, 5.41) is 16.7. The van der Waals surface area contributed by atoms with Crippen LogP contribution in [0.3, 0.4) is 0 Å². The number of carbonyl (C=O) groups is 1. The van der Waals surface area contributed by atoms with Gasteiger partial charge in [0.2, 0.25) is 0 Å². The minimum atomic E-state index is -1.58. The van der Waals surface area contributed by atoms with Crippen LogP contribution < -0.4 is 5.73 Å². The van der Waals surface area contributed by atoms with Crippen LogP contribution in [0.5, 0.6) is 0 Å². The number of nitrogens with two attached hydrogens (primary N) is 1. The average Bonchev–Trinajstić information content (AvgIpc) is 1.86. The van der Waals surface area contributed by atoms with Crippen molar-refractivity contribution in [3.8, 4) is 0 Å². The number of aliphatic hydroxyl groups is 1. The van der Waals surface area contributed by atoms with Gasteiger partial charge in [0.15, 0.2) is 0 Å². The SMILES string of the molecule is N[C@@](CO)(CS)C(=O)O. The molecule has 4 N–H and O–H groups in total. The van der Waals surface area contributed by atoms with Gasteiger partial charge in [-0.1, -0.05) is 0 Å². The lowest BCUT2D eigenvalue weighted by Crippen LogP contribution is -2.53. The summed E-state index contributed by atoms with van der Waals surface area (Å²) in [6.45, 7) is -0.591. The normalized spacial score (nSPS) is 16.8. The molecule has 5 heteroatoms. The first-order valence-electron chi connectivity index (χ1n) is 2.31. The van der Waals surface area contributed by atoms with Crippen LogP contribution in [0.2, 0.25) is 0 Å². The number of carboxylic acid groups (broad SMARTS) is 1. The maximum Gasteiger partial charge on any atom is 0.326 e. The summed E-state index contributed by atoms with van der Waals surface area (Å²) in [4.78, 5) is 10.1. The van der Waals surface area contributed by atoms with Crippen LogP contribution in [0, 0.1) is 0 Å². The lowest BCUT2D eigenvalue weighted by Gasteiger charge is -2.18. The predicted octanol–water partition coefficient (Wildman–Crippen LogP) is -1.31. The molecule has 0 amide bonds. The zero-order valence-corrected chi connectivity index (χ0v) is 5.64. The smallest absolute Gasteiger partial charge is 0.326 e. The molecule has 1 atom stereocenters. The molecule has 0 spiro atoms. The average molecular weight is 151 g/mol. The number of rotatable bonds is 3. The van der Waals surface area contributed by atoms with E-state index in [1.165, 1.54) is 0 Å². The number of thiol groups is 1. The van der Waals surface area contributed by atoms with E-state index in [1.807, 2.05) is 0 Å². The van der Waals surface area contributed by atoms with Crippen molar-refractivity contribution < 1.29 is 15.0 Å². The molecule has 54 valence electrons. The van der Waals surface area contributed by atoms with Gasteiger partial charge < -0.3 is 15.9 Å². The molecule has 4 nitrogen and oxygen atoms in total. The summed E-state index contributed by atoms with van der Waals surface area (Å²) in [6.07, 6.45) is 0. The van der Waals surface area contributed by atoms with E-state index in [4.69, 9.17) is 15.9 Å². The van der Waals surface area contributed by atoms with Crippen molar-refractivity contribution in [2.24, 2.45) is 5.73 Å². The molecule has 0 saturated heterocycles. The Morgan fingerprint density at radius 1 is 1.78 bits per heavy atom. The van der Waals surface area contributed by atoms with Gasteiger partial charge in [-0.05, 0) is 0 Å². The summed E-state index contributed by atoms with van der Waals surface area (Å²) >= 11 is 3.65. The first-order chi connectivity index (χ1) is 4.06. The van der Waals surface area contributed by atoms with Crippen LogP contribution in [0.25, 0.3) is 0 Å². The molecule has 0 aliphatic carbocycles. The van der Waals surface area contributed by atoms with Gasteiger partial charge in [0.25, 0.3) is 0 Å². The highest BCUT2D eigenvalue weighted by atomic mass is 32.1. The fourth-order valence-electron chi connectivity index (χ4n) is 0.185. The number of hydrogen-bond donors (Lipinski definition) is 4. The Hall–Kier alpha value is -0.260. The second-order valence-corrected chi connectivity index (χ2v) is 2.09. The van der Waals surface area contributed by atoms with Gasteiger partial charge in [0.1, 0.15) is 5.54 Å². The van der Waals surface area contributed by atoms with Crippen molar-refractivity contribution in [2.45, 2.75) is 5.54 Å². The monoisotopic (exact) mass is 151 g/mol. The van der Waals surface area contributed by atoms with Crippen LogP contribution in [0.15, 0.2) is 0 Å². The minimum absolute atomic E-state index is 0.0706. The van der Waals surface area contributed by atoms with E-state index in [-0.39, 0.29) is 5.75 Å². The lowest BCUT2D eigenvalue weighted by atomic mass is 10.1. The van der Waals surface area contributed by atoms with E-state index >= 15 is 0 Å². The van der Waals surface area contributed by atoms with E-state index in [9.17, 15) is 4.79 Å². The Kier molecular flexibility index (Phi) is 2.96. The molecule has 0 aromatic heterocycles. The maximum atomic E-state index is 10.1. The Balaban J connectivity index is 4.09. The Morgan fingerprint density at radius 3 is 2.22 bits per heavy atom. The van der Waals surface area contributed by atoms with Crippen LogP contribution in [0.4, 0.5) is 0 Å². The third kappa shape index (κ3) is 1.85. The molecule has 0 radical (unpaired) electrons. The summed E-state index contributed by atoms with van der Waals surface area (Å²) in [5.41, 5.74) is 3.53. The standard InChI is InChI=1S/C4H9NO3S/c5-4(1-6,2-9)3(7)8/h6,9H,1-2,5H2,(H,7,8)/t4-/m0/s1. The van der Waals surface area contributed by atoms with Gasteiger partial charge in [-0.15, -0.1) is 0 Å². The number of hydrogen-bond acceptors (Lipinski definition) is 4. The minimum Gasteiger partial charge on any atom is -0.480 e. The van der Waals surface area contributed by atoms with Crippen molar-refractivity contribution in [1.29, 1.82) is 0 Å². The molecule has 0 aliphatic rings. The highest BCUT2D eigenvalue weighted by Crippen LogP contribution is 2.00. The summed E-state index contributed by atoms with van der Waals surface area (Å²) in [5.74, 6) is -1.31. The Bertz CT molecular complexity index is 112. The largest absolute Gasteiger partial charge is 0.480 e. The lowest BCUT2D eigenvalue weighted by molar-refractivity contribution is -0.143. The molecule has 0 aromatic rings. The molecule has 0 unspecified atom stereocenters. The third-order valence-electron chi connectivity index (χ3n) is 0.990. The van der Waals surface area contributed by atoms with E-state index in [0.717, 1.165) is 0 Å². The van der Waals surface area contributed by atoms with Gasteiger partial charge in [-0.3, -0.25) is 4.79 Å². The number of carboxylic acids is 1. The molecule has 0 fully saturated rings. The van der Waals surface area contributed by atoms with Gasteiger partial charge in [0.05, 0.1) is 6.61 Å². The second kappa shape index (κ2) is 3.05. The van der Waals surface area contributed by atoms with Gasteiger partial charge >= 0.3 is 5.97 Å². The molecule has 0 saturated carbocycles. The molecular weight excluding hydrogens is 142 g/mol. The number of aliphatic carboxylic acids is 1. The van der Waals surface area contributed by atoms with Crippen molar-refractivity contribution >= 4 is 18.6 Å². The topological polar surface area (TPSA) is 83.5 Å². The quantitative estimate of drug-likeness (QED) is 0.377. The van der Waals surface area contributed by atoms with Crippen LogP contribution >= 0.6 is 12.6 Å². The van der Waals surface area contributed by atoms with Crippen LogP contribution in [0.1, 0.15) is 0 Å². The van der Waals surface area contributed by atoms with E-state index < -0.39 is 18.1 Å². The highest BCUT2D eigenvalue weighted by Gasteiger charge is 2.31. The Labute approximate surface area is 58.1 Å². The van der Waals surface area contributed by atoms with Crippen LogP contribution in [-0.2, 0) is 4.79 Å². The zero-order chi connectivity index (χ0) is 7.49. The van der Waals surface area contributed by atoms with Crippen LogP contribution in [-0.4, -0.2) is 34.1 Å². The van der Waals surface area contributed by atoms with Crippen molar-refractivity contribution in [2.75, 3.05) is 12.4 Å². The summed E-state index contributed by atoms with van der Waals surface area (Å²) in [7, 11) is 0. The van der Waals surface area contributed by atoms with Gasteiger partial charge in [-0.2, -0.15) is 12.6 Å². The predicted molar refractivity (Wildman–Crippen MR) is 35.5 cm³/mol. The summed E-state index contributed by atoms with van der Waals surface area (Å²) in [6, 6.07) is 0. The van der Waals surface area contributed by atoms with E-state index in [1.54, 1.807) is 0 Å². The number of aliphatic hydroxyl groups excluding tert-OH is 1. The van der Waals surface area contributed by atoms with Gasteiger partial charge in [0, 0.05) is 5.75 Å². The fraction of sp³-hybridized carbons (Fsp3) is 0.750. The third-order valence-corrected chi connectivity index (χ3v) is 1.55. The molecule has 9 heavy (non-hydrogen) atoms. The molecule has 0 rings (SSSR count). The van der Waals surface area contributed by atoms with Crippen molar-refractivity contribution in [3.05, 3.63) is 0 Å². The first-order valence-corrected chi connectivity index (χ1v) is 2.94. The van der Waals surface area contributed by atoms with Crippen molar-refractivity contribution in [1.82, 2.24) is 0 Å². The highest BCUT2D eigenvalue weighted by molar-refractivity contribution is 7.80. The fourth-order valence-corrected chi connectivity index (χ4v) is 0.421. The molecule has 0 bridgehead atoms. The Morgan fingerprint density at radius 2 is 2.22 bits per heavy atom. The van der Waals surface area contributed by atoms with E-state index in [0.29, 0.717) is 0 Å². The molecule has 0 heterocycles. The molecule has 0 aromatic carbocycles. The summed E-state index contributed by atoms with van der Waals surface area (Å²) < 4.78 is 0. The second-order valence-electron chi connectivity index (χ2n) is 1.78. The van der Waals surface area contributed by atoms with Crippen molar-refractivity contribution in [3.63, 3.8) is 0 Å². The van der Waals surface area contributed by atoms with Gasteiger partial charge in [-0.25, -0.2) is 0 Å². The molecule has 0 aliphatic heterocycles. The zero-order valence-electron chi connectivity index (χ0n) is 4.74.